The van der Waals surface area contributed by atoms with Crippen LogP contribution in [0.15, 0.2) is 24.3 Å². The van der Waals surface area contributed by atoms with Crippen LogP contribution in [0.4, 0.5) is 5.69 Å². The fourth-order valence-electron chi connectivity index (χ4n) is 1.60. The monoisotopic (exact) mass is 252 g/mol. The Balaban J connectivity index is 2.46. The number of benzene rings is 1. The number of nitrogens with one attached hydrogen (secondary N) is 1. The third-order valence-electron chi connectivity index (χ3n) is 2.47. The number of methoxy groups -OCH3 is 1. The molecule has 0 heterocycles. The molecular weight excluding hydrogens is 228 g/mol. The Morgan fingerprint density at radius 2 is 2.11 bits per heavy atom. The van der Waals surface area contributed by atoms with E-state index in [1.807, 2.05) is 38.4 Å². The number of hydrogen-bond acceptors (Lipinski definition) is 4. The van der Waals surface area contributed by atoms with E-state index in [4.69, 9.17) is 9.47 Å². The van der Waals surface area contributed by atoms with Gasteiger partial charge in [0.15, 0.2) is 0 Å². The SMILES string of the molecule is COCC(C)Nc1cccc(OCCN(C)C)c1. The zero-order valence-electron chi connectivity index (χ0n) is 11.8. The summed E-state index contributed by atoms with van der Waals surface area (Å²) in [6.07, 6.45) is 0. The number of anilines is 1. The third kappa shape index (κ3) is 5.89. The predicted octanol–water partition coefficient (Wildman–Crippen LogP) is 2.07. The van der Waals surface area contributed by atoms with E-state index in [9.17, 15) is 0 Å². The normalized spacial score (nSPS) is 12.5. The highest BCUT2D eigenvalue weighted by molar-refractivity contribution is 5.48. The molecule has 0 amide bonds. The summed E-state index contributed by atoms with van der Waals surface area (Å²) in [5.74, 6) is 0.895. The van der Waals surface area contributed by atoms with Gasteiger partial charge in [-0.1, -0.05) is 6.07 Å². The number of hydrogen-bond donors (Lipinski definition) is 1. The molecule has 0 radical (unpaired) electrons. The van der Waals surface area contributed by atoms with Gasteiger partial charge in [0, 0.05) is 31.5 Å². The number of ether oxygens (including phenoxy) is 2. The first-order chi connectivity index (χ1) is 8.61. The molecular formula is C14H24N2O2. The van der Waals surface area contributed by atoms with Gasteiger partial charge >= 0.3 is 0 Å². The van der Waals surface area contributed by atoms with Gasteiger partial charge in [-0.05, 0) is 33.2 Å². The van der Waals surface area contributed by atoms with E-state index >= 15 is 0 Å². The summed E-state index contributed by atoms with van der Waals surface area (Å²) in [7, 11) is 5.78. The molecule has 1 aromatic carbocycles. The van der Waals surface area contributed by atoms with Crippen molar-refractivity contribution in [2.75, 3.05) is 46.3 Å². The zero-order valence-corrected chi connectivity index (χ0v) is 11.8. The molecule has 0 aliphatic heterocycles. The lowest BCUT2D eigenvalue weighted by Crippen LogP contribution is -2.21. The molecule has 18 heavy (non-hydrogen) atoms. The molecule has 0 fully saturated rings. The summed E-state index contributed by atoms with van der Waals surface area (Å²) in [5, 5.41) is 3.37. The molecule has 0 bridgehead atoms. The average molecular weight is 252 g/mol. The second kappa shape index (κ2) is 7.95. The van der Waals surface area contributed by atoms with Gasteiger partial charge in [-0.2, -0.15) is 0 Å². The Kier molecular flexibility index (Phi) is 6.54. The van der Waals surface area contributed by atoms with Crippen LogP contribution in [-0.4, -0.2) is 51.9 Å². The Bertz CT molecular complexity index is 342. The Labute approximate surface area is 110 Å². The summed E-state index contributed by atoms with van der Waals surface area (Å²) >= 11 is 0. The maximum absolute atomic E-state index is 5.69. The molecule has 0 saturated carbocycles. The maximum Gasteiger partial charge on any atom is 0.121 e. The quantitative estimate of drug-likeness (QED) is 0.768. The first-order valence-corrected chi connectivity index (χ1v) is 6.25. The molecule has 0 spiro atoms. The Morgan fingerprint density at radius 1 is 1.33 bits per heavy atom. The molecule has 1 aromatic rings. The van der Waals surface area contributed by atoms with E-state index in [1.54, 1.807) is 7.11 Å². The number of rotatable bonds is 8. The van der Waals surface area contributed by atoms with Gasteiger partial charge in [0.25, 0.3) is 0 Å². The lowest BCUT2D eigenvalue weighted by atomic mass is 10.2. The first-order valence-electron chi connectivity index (χ1n) is 6.25. The van der Waals surface area contributed by atoms with Crippen molar-refractivity contribution in [2.24, 2.45) is 0 Å². The Hall–Kier alpha value is -1.26. The highest BCUT2D eigenvalue weighted by Crippen LogP contribution is 2.18. The number of likely N-dealkylation sites (N-methyl/N-ethyl adjacent to an activating group) is 1. The summed E-state index contributed by atoms with van der Waals surface area (Å²) in [6.45, 7) is 4.39. The predicted molar refractivity (Wildman–Crippen MR) is 75.5 cm³/mol. The molecule has 1 rings (SSSR count). The molecule has 102 valence electrons. The van der Waals surface area contributed by atoms with E-state index in [0.29, 0.717) is 13.2 Å². The molecule has 0 saturated heterocycles. The van der Waals surface area contributed by atoms with E-state index in [1.165, 1.54) is 0 Å². The molecule has 0 aliphatic rings. The van der Waals surface area contributed by atoms with Crippen molar-refractivity contribution in [3.05, 3.63) is 24.3 Å². The van der Waals surface area contributed by atoms with Crippen molar-refractivity contribution in [1.29, 1.82) is 0 Å². The van der Waals surface area contributed by atoms with Gasteiger partial charge in [0.2, 0.25) is 0 Å². The van der Waals surface area contributed by atoms with Crippen LogP contribution in [0.25, 0.3) is 0 Å². The standard InChI is InChI=1S/C14H24N2O2/c1-12(11-17-4)15-13-6-5-7-14(10-13)18-9-8-16(2)3/h5-7,10,12,15H,8-9,11H2,1-4H3. The van der Waals surface area contributed by atoms with Gasteiger partial charge in [0.05, 0.1) is 6.61 Å². The third-order valence-corrected chi connectivity index (χ3v) is 2.47. The Morgan fingerprint density at radius 3 is 2.78 bits per heavy atom. The van der Waals surface area contributed by atoms with Gasteiger partial charge in [-0.25, -0.2) is 0 Å². The minimum atomic E-state index is 0.284. The second-order valence-electron chi connectivity index (χ2n) is 4.68. The van der Waals surface area contributed by atoms with Crippen LogP contribution in [-0.2, 0) is 4.74 Å². The minimum Gasteiger partial charge on any atom is -0.492 e. The maximum atomic E-state index is 5.69. The highest BCUT2D eigenvalue weighted by Gasteiger charge is 2.02. The smallest absolute Gasteiger partial charge is 0.121 e. The summed E-state index contributed by atoms with van der Waals surface area (Å²) in [6, 6.07) is 8.30. The van der Waals surface area contributed by atoms with Gasteiger partial charge in [-0.15, -0.1) is 0 Å². The minimum absolute atomic E-state index is 0.284. The van der Waals surface area contributed by atoms with Crippen molar-refractivity contribution < 1.29 is 9.47 Å². The molecule has 1 atom stereocenters. The van der Waals surface area contributed by atoms with Gasteiger partial charge in [0.1, 0.15) is 12.4 Å². The van der Waals surface area contributed by atoms with Crippen LogP contribution in [0.2, 0.25) is 0 Å². The van der Waals surface area contributed by atoms with Crippen LogP contribution in [0.3, 0.4) is 0 Å². The fraction of sp³-hybridized carbons (Fsp3) is 0.571. The van der Waals surface area contributed by atoms with Crippen LogP contribution in [0.1, 0.15) is 6.92 Å². The van der Waals surface area contributed by atoms with Crippen LogP contribution >= 0.6 is 0 Å². The van der Waals surface area contributed by atoms with Crippen molar-refractivity contribution in [1.82, 2.24) is 4.90 Å². The van der Waals surface area contributed by atoms with E-state index in [2.05, 4.69) is 17.1 Å². The molecule has 1 N–H and O–H groups in total. The topological polar surface area (TPSA) is 33.7 Å². The van der Waals surface area contributed by atoms with E-state index in [0.717, 1.165) is 18.0 Å². The highest BCUT2D eigenvalue weighted by atomic mass is 16.5. The molecule has 1 unspecified atom stereocenters. The summed E-state index contributed by atoms with van der Waals surface area (Å²) < 4.78 is 10.8. The number of nitrogens with zero attached hydrogens (tertiary/aromatic N) is 1. The molecule has 0 aromatic heterocycles. The molecule has 4 nitrogen and oxygen atoms in total. The summed E-state index contributed by atoms with van der Waals surface area (Å²) in [4.78, 5) is 2.10. The van der Waals surface area contributed by atoms with Gasteiger partial charge < -0.3 is 19.7 Å². The van der Waals surface area contributed by atoms with Crippen molar-refractivity contribution in [3.8, 4) is 5.75 Å². The molecule has 4 heteroatoms. The largest absolute Gasteiger partial charge is 0.492 e. The van der Waals surface area contributed by atoms with Gasteiger partial charge in [-0.3, -0.25) is 0 Å². The van der Waals surface area contributed by atoms with E-state index in [-0.39, 0.29) is 6.04 Å². The lowest BCUT2D eigenvalue weighted by Gasteiger charge is -2.15. The van der Waals surface area contributed by atoms with Crippen molar-refractivity contribution in [3.63, 3.8) is 0 Å². The average Bonchev–Trinajstić information content (AvgIpc) is 2.29. The van der Waals surface area contributed by atoms with Crippen LogP contribution in [0.5, 0.6) is 5.75 Å². The summed E-state index contributed by atoms with van der Waals surface area (Å²) in [5.41, 5.74) is 1.06. The molecule has 0 aliphatic carbocycles. The van der Waals surface area contributed by atoms with Crippen molar-refractivity contribution in [2.45, 2.75) is 13.0 Å². The second-order valence-corrected chi connectivity index (χ2v) is 4.68. The first kappa shape index (κ1) is 14.8. The van der Waals surface area contributed by atoms with Crippen LogP contribution in [0, 0.1) is 0 Å². The lowest BCUT2D eigenvalue weighted by molar-refractivity contribution is 0.190. The van der Waals surface area contributed by atoms with Crippen molar-refractivity contribution >= 4 is 5.69 Å². The fourth-order valence-corrected chi connectivity index (χ4v) is 1.60. The zero-order chi connectivity index (χ0) is 13.4. The van der Waals surface area contributed by atoms with E-state index < -0.39 is 0 Å². The van der Waals surface area contributed by atoms with Crippen LogP contribution < -0.4 is 10.1 Å².